The molecule has 1 amide bonds. The maximum Gasteiger partial charge on any atom is 0.273 e. The van der Waals surface area contributed by atoms with E-state index in [-0.39, 0.29) is 18.0 Å². The summed E-state index contributed by atoms with van der Waals surface area (Å²) in [6, 6.07) is 6.55. The molecule has 0 aliphatic rings. The van der Waals surface area contributed by atoms with Crippen LogP contribution in [0.2, 0.25) is 0 Å². The van der Waals surface area contributed by atoms with Gasteiger partial charge in [0.25, 0.3) is 11.1 Å². The number of carbonyl (C=O) groups is 1. The number of aromatic amines is 1. The quantitative estimate of drug-likeness (QED) is 0.730. The van der Waals surface area contributed by atoms with Crippen LogP contribution in [0.25, 0.3) is 10.8 Å². The van der Waals surface area contributed by atoms with Gasteiger partial charge in [0.1, 0.15) is 6.54 Å². The van der Waals surface area contributed by atoms with Crippen LogP contribution in [-0.4, -0.2) is 36.9 Å². The van der Waals surface area contributed by atoms with Crippen LogP contribution in [0.4, 0.5) is 0 Å². The van der Waals surface area contributed by atoms with Crippen LogP contribution in [0.15, 0.2) is 46.2 Å². The predicted octanol–water partition coefficient (Wildman–Crippen LogP) is 0.472. The fourth-order valence-electron chi connectivity index (χ4n) is 2.74. The zero-order valence-electron chi connectivity index (χ0n) is 14.1. The highest BCUT2D eigenvalue weighted by Gasteiger charge is 2.16. The summed E-state index contributed by atoms with van der Waals surface area (Å²) in [5.41, 5.74) is 0.122. The average Bonchev–Trinajstić information content (AvgIpc) is 3.02. The van der Waals surface area contributed by atoms with Crippen molar-refractivity contribution in [1.82, 2.24) is 24.5 Å². The van der Waals surface area contributed by atoms with Gasteiger partial charge in [0.15, 0.2) is 0 Å². The minimum Gasteiger partial charge on any atom is -0.337 e. The van der Waals surface area contributed by atoms with E-state index in [0.29, 0.717) is 23.9 Å². The van der Waals surface area contributed by atoms with E-state index in [2.05, 4.69) is 10.2 Å². The number of hydrogen-bond acceptors (Lipinski definition) is 4. The number of carbonyl (C=O) groups excluding carboxylic acids is 1. The highest BCUT2D eigenvalue weighted by Crippen LogP contribution is 2.05. The van der Waals surface area contributed by atoms with Crippen LogP contribution in [0.3, 0.4) is 0 Å². The van der Waals surface area contributed by atoms with Crippen molar-refractivity contribution in [3.05, 3.63) is 62.9 Å². The van der Waals surface area contributed by atoms with Crippen molar-refractivity contribution in [3.63, 3.8) is 0 Å². The topological polar surface area (TPSA) is 93.0 Å². The fraction of sp³-hybridized carbons (Fsp3) is 0.294. The van der Waals surface area contributed by atoms with Gasteiger partial charge in [0.2, 0.25) is 5.91 Å². The van der Waals surface area contributed by atoms with E-state index in [1.54, 1.807) is 47.1 Å². The van der Waals surface area contributed by atoms with Crippen LogP contribution >= 0.6 is 0 Å². The van der Waals surface area contributed by atoms with Crippen LogP contribution in [-0.2, 0) is 24.9 Å². The molecule has 0 saturated heterocycles. The summed E-state index contributed by atoms with van der Waals surface area (Å²) in [5.74, 6) is -0.251. The SMILES string of the molecule is CCN(Cc1cnn(C)c1)C(=O)Cn1[nH]c(=O)c2ccccc2c1=O. The first-order valence-corrected chi connectivity index (χ1v) is 7.96. The monoisotopic (exact) mass is 341 g/mol. The predicted molar refractivity (Wildman–Crippen MR) is 93.1 cm³/mol. The van der Waals surface area contributed by atoms with Crippen molar-refractivity contribution in [2.45, 2.75) is 20.0 Å². The molecule has 0 saturated carbocycles. The Kier molecular flexibility index (Phi) is 4.51. The highest BCUT2D eigenvalue weighted by molar-refractivity contribution is 5.81. The molecule has 2 heterocycles. The lowest BCUT2D eigenvalue weighted by molar-refractivity contribution is -0.132. The number of hydrogen-bond donors (Lipinski definition) is 1. The standard InChI is InChI=1S/C17H19N5O3/c1-3-21(10-12-8-18-20(2)9-12)15(23)11-22-17(25)14-7-5-4-6-13(14)16(24)19-22/h4-9H,3,10-11H2,1-2H3,(H,19,24). The van der Waals surface area contributed by atoms with Gasteiger partial charge in [-0.3, -0.25) is 24.2 Å². The molecule has 1 aromatic carbocycles. The molecule has 8 heteroatoms. The molecule has 25 heavy (non-hydrogen) atoms. The summed E-state index contributed by atoms with van der Waals surface area (Å²) < 4.78 is 2.73. The minimum absolute atomic E-state index is 0.215. The Labute approximate surface area is 143 Å². The Morgan fingerprint density at radius 3 is 2.60 bits per heavy atom. The maximum atomic E-state index is 12.6. The van der Waals surface area contributed by atoms with Gasteiger partial charge in [-0.05, 0) is 19.1 Å². The Balaban J connectivity index is 1.87. The second-order valence-electron chi connectivity index (χ2n) is 5.81. The number of H-pyrrole nitrogens is 1. The zero-order valence-corrected chi connectivity index (χ0v) is 14.1. The molecule has 0 atom stereocenters. The van der Waals surface area contributed by atoms with Crippen LogP contribution < -0.4 is 11.1 Å². The van der Waals surface area contributed by atoms with E-state index in [1.807, 2.05) is 13.1 Å². The van der Waals surface area contributed by atoms with Gasteiger partial charge in [-0.2, -0.15) is 5.10 Å². The van der Waals surface area contributed by atoms with E-state index < -0.39 is 5.56 Å². The van der Waals surface area contributed by atoms with Crippen molar-refractivity contribution in [2.75, 3.05) is 6.54 Å². The van der Waals surface area contributed by atoms with Crippen molar-refractivity contribution < 1.29 is 4.79 Å². The van der Waals surface area contributed by atoms with Crippen molar-refractivity contribution in [1.29, 1.82) is 0 Å². The molecule has 130 valence electrons. The van der Waals surface area contributed by atoms with E-state index in [1.165, 1.54) is 0 Å². The van der Waals surface area contributed by atoms with Crippen LogP contribution in [0.5, 0.6) is 0 Å². The number of aromatic nitrogens is 4. The lowest BCUT2D eigenvalue weighted by atomic mass is 10.2. The molecule has 0 bridgehead atoms. The Hall–Kier alpha value is -3.16. The van der Waals surface area contributed by atoms with Gasteiger partial charge in [-0.1, -0.05) is 12.1 Å². The molecule has 0 spiro atoms. The van der Waals surface area contributed by atoms with Gasteiger partial charge < -0.3 is 4.90 Å². The number of likely N-dealkylation sites (N-methyl/N-ethyl adjacent to an activating group) is 1. The van der Waals surface area contributed by atoms with Crippen molar-refractivity contribution in [3.8, 4) is 0 Å². The van der Waals surface area contributed by atoms with Gasteiger partial charge in [-0.15, -0.1) is 0 Å². The molecule has 0 fully saturated rings. The largest absolute Gasteiger partial charge is 0.337 e. The summed E-state index contributed by atoms with van der Waals surface area (Å²) in [6.45, 7) is 2.53. The molecular weight excluding hydrogens is 322 g/mol. The normalized spacial score (nSPS) is 11.0. The van der Waals surface area contributed by atoms with Gasteiger partial charge in [0, 0.05) is 31.9 Å². The zero-order chi connectivity index (χ0) is 18.0. The third-order valence-electron chi connectivity index (χ3n) is 4.04. The molecule has 0 radical (unpaired) electrons. The third kappa shape index (κ3) is 3.37. The second-order valence-corrected chi connectivity index (χ2v) is 5.81. The Morgan fingerprint density at radius 1 is 1.24 bits per heavy atom. The molecular formula is C17H19N5O3. The number of rotatable bonds is 5. The third-order valence-corrected chi connectivity index (χ3v) is 4.04. The number of benzene rings is 1. The van der Waals surface area contributed by atoms with E-state index in [4.69, 9.17) is 0 Å². The van der Waals surface area contributed by atoms with Crippen molar-refractivity contribution >= 4 is 16.7 Å². The van der Waals surface area contributed by atoms with Gasteiger partial charge in [0.05, 0.1) is 17.0 Å². The summed E-state index contributed by atoms with van der Waals surface area (Å²) in [5, 5.41) is 7.18. The molecule has 0 aliphatic heterocycles. The molecule has 3 aromatic rings. The number of amides is 1. The summed E-state index contributed by atoms with van der Waals surface area (Å²) in [7, 11) is 1.81. The number of aryl methyl sites for hydroxylation is 1. The Morgan fingerprint density at radius 2 is 1.96 bits per heavy atom. The number of fused-ring (bicyclic) bond motifs is 1. The van der Waals surface area contributed by atoms with Crippen molar-refractivity contribution in [2.24, 2.45) is 7.05 Å². The van der Waals surface area contributed by atoms with Crippen LogP contribution in [0.1, 0.15) is 12.5 Å². The lowest BCUT2D eigenvalue weighted by Crippen LogP contribution is -2.38. The summed E-state index contributed by atoms with van der Waals surface area (Å²) >= 11 is 0. The second kappa shape index (κ2) is 6.76. The smallest absolute Gasteiger partial charge is 0.273 e. The maximum absolute atomic E-state index is 12.6. The molecule has 0 unspecified atom stereocenters. The minimum atomic E-state index is -0.390. The van der Waals surface area contributed by atoms with Gasteiger partial charge in [-0.25, -0.2) is 4.68 Å². The van der Waals surface area contributed by atoms with E-state index in [0.717, 1.165) is 10.2 Å². The summed E-state index contributed by atoms with van der Waals surface area (Å²) in [4.78, 5) is 38.8. The first-order chi connectivity index (χ1) is 12.0. The summed E-state index contributed by atoms with van der Waals surface area (Å²) in [6.07, 6.45) is 3.53. The molecule has 8 nitrogen and oxygen atoms in total. The molecule has 3 rings (SSSR count). The molecule has 2 aromatic heterocycles. The average molecular weight is 341 g/mol. The molecule has 0 aliphatic carbocycles. The first kappa shape index (κ1) is 16.7. The lowest BCUT2D eigenvalue weighted by Gasteiger charge is -2.20. The fourth-order valence-corrected chi connectivity index (χ4v) is 2.74. The van der Waals surface area contributed by atoms with Crippen LogP contribution in [0, 0.1) is 0 Å². The molecule has 1 N–H and O–H groups in total. The van der Waals surface area contributed by atoms with E-state index in [9.17, 15) is 14.4 Å². The van der Waals surface area contributed by atoms with Gasteiger partial charge >= 0.3 is 0 Å². The number of nitrogens with zero attached hydrogens (tertiary/aromatic N) is 4. The Bertz CT molecular complexity index is 1030. The van der Waals surface area contributed by atoms with E-state index >= 15 is 0 Å². The number of nitrogens with one attached hydrogen (secondary N) is 1. The highest BCUT2D eigenvalue weighted by atomic mass is 16.2. The first-order valence-electron chi connectivity index (χ1n) is 7.96.